The van der Waals surface area contributed by atoms with Gasteiger partial charge in [-0.15, -0.1) is 0 Å². The fourth-order valence-electron chi connectivity index (χ4n) is 2.49. The molecule has 1 aliphatic heterocycles. The quantitative estimate of drug-likeness (QED) is 0.917. The van der Waals surface area contributed by atoms with Crippen molar-refractivity contribution in [3.8, 4) is 11.5 Å². The van der Waals surface area contributed by atoms with Gasteiger partial charge in [-0.1, -0.05) is 23.7 Å². The molecule has 0 unspecified atom stereocenters. The van der Waals surface area contributed by atoms with Crippen molar-refractivity contribution < 1.29 is 9.53 Å². The molecule has 1 saturated heterocycles. The highest BCUT2D eigenvalue weighted by atomic mass is 35.5. The molecule has 0 aromatic heterocycles. The van der Waals surface area contributed by atoms with E-state index in [9.17, 15) is 4.79 Å². The summed E-state index contributed by atoms with van der Waals surface area (Å²) in [6.45, 7) is 3.22. The monoisotopic (exact) mass is 345 g/mol. The molecule has 0 radical (unpaired) electrons. The molecule has 0 spiro atoms. The van der Waals surface area contributed by atoms with Crippen molar-refractivity contribution in [3.05, 3.63) is 53.6 Å². The number of halogens is 1. The molecule has 2 aromatic carbocycles. The summed E-state index contributed by atoms with van der Waals surface area (Å²) in [4.78, 5) is 16.5. The lowest BCUT2D eigenvalue weighted by Gasteiger charge is -2.32. The zero-order valence-electron chi connectivity index (χ0n) is 13.5. The number of likely N-dealkylation sites (N-methyl/N-ethyl adjacent to an activating group) is 1. The van der Waals surface area contributed by atoms with Crippen molar-refractivity contribution in [1.29, 1.82) is 0 Å². The van der Waals surface area contributed by atoms with Crippen molar-refractivity contribution >= 4 is 23.3 Å². The molecule has 3 rings (SSSR count). The van der Waals surface area contributed by atoms with Gasteiger partial charge >= 0.3 is 6.03 Å². The Kier molecular flexibility index (Phi) is 5.23. The Hall–Kier alpha value is -2.24. The number of hydrogen-bond donors (Lipinski definition) is 1. The minimum Gasteiger partial charge on any atom is -0.455 e. The van der Waals surface area contributed by atoms with Crippen LogP contribution in [0.4, 0.5) is 10.5 Å². The zero-order chi connectivity index (χ0) is 16.9. The maximum atomic E-state index is 12.4. The smallest absolute Gasteiger partial charge is 0.322 e. The Bertz CT molecular complexity index is 698. The highest BCUT2D eigenvalue weighted by molar-refractivity contribution is 6.30. The second kappa shape index (κ2) is 7.55. The van der Waals surface area contributed by atoms with Crippen LogP contribution in [0.25, 0.3) is 0 Å². The second-order valence-corrected chi connectivity index (χ2v) is 6.21. The Balaban J connectivity index is 1.69. The molecule has 0 atom stereocenters. The molecule has 2 amide bonds. The van der Waals surface area contributed by atoms with E-state index >= 15 is 0 Å². The number of anilines is 1. The average Bonchev–Trinajstić information content (AvgIpc) is 2.59. The van der Waals surface area contributed by atoms with Gasteiger partial charge in [0.05, 0.1) is 5.69 Å². The van der Waals surface area contributed by atoms with Crippen molar-refractivity contribution in [2.45, 2.75) is 0 Å². The van der Waals surface area contributed by atoms with E-state index < -0.39 is 0 Å². The maximum Gasteiger partial charge on any atom is 0.322 e. The average molecular weight is 346 g/mol. The zero-order valence-corrected chi connectivity index (χ0v) is 14.3. The SMILES string of the molecule is CN1CCN(C(=O)Nc2ccccc2Oc2ccc(Cl)cc2)CC1. The number of amides is 2. The number of benzene rings is 2. The van der Waals surface area contributed by atoms with Crippen molar-refractivity contribution in [3.63, 3.8) is 0 Å². The van der Waals surface area contributed by atoms with Crippen molar-refractivity contribution in [2.24, 2.45) is 0 Å². The van der Waals surface area contributed by atoms with Crippen LogP contribution in [0.3, 0.4) is 0 Å². The highest BCUT2D eigenvalue weighted by Gasteiger charge is 2.20. The van der Waals surface area contributed by atoms with E-state index in [4.69, 9.17) is 16.3 Å². The molecule has 5 nitrogen and oxygen atoms in total. The first kappa shape index (κ1) is 16.6. The first-order valence-corrected chi connectivity index (χ1v) is 8.26. The van der Waals surface area contributed by atoms with Crippen LogP contribution in [0.15, 0.2) is 48.5 Å². The minimum absolute atomic E-state index is 0.102. The number of para-hydroxylation sites is 2. The summed E-state index contributed by atoms with van der Waals surface area (Å²) in [6.07, 6.45) is 0. The number of ether oxygens (including phenoxy) is 1. The van der Waals surface area contributed by atoms with Crippen LogP contribution in [0.1, 0.15) is 0 Å². The molecular formula is C18H20ClN3O2. The Morgan fingerprint density at radius 1 is 1.04 bits per heavy atom. The lowest BCUT2D eigenvalue weighted by molar-refractivity contribution is 0.164. The molecule has 126 valence electrons. The number of carbonyl (C=O) groups is 1. The van der Waals surface area contributed by atoms with Gasteiger partial charge in [-0.05, 0) is 43.4 Å². The number of carbonyl (C=O) groups excluding carboxylic acids is 1. The highest BCUT2D eigenvalue weighted by Crippen LogP contribution is 2.30. The first-order valence-electron chi connectivity index (χ1n) is 7.89. The van der Waals surface area contributed by atoms with Gasteiger partial charge in [-0.3, -0.25) is 0 Å². The molecule has 2 aromatic rings. The number of nitrogens with one attached hydrogen (secondary N) is 1. The summed E-state index contributed by atoms with van der Waals surface area (Å²) >= 11 is 5.89. The minimum atomic E-state index is -0.102. The molecule has 1 fully saturated rings. The number of nitrogens with zero attached hydrogens (tertiary/aromatic N) is 2. The molecular weight excluding hydrogens is 326 g/mol. The van der Waals surface area contributed by atoms with Gasteiger partial charge in [-0.2, -0.15) is 0 Å². The van der Waals surface area contributed by atoms with E-state index in [0.29, 0.717) is 22.2 Å². The fraction of sp³-hybridized carbons (Fsp3) is 0.278. The number of urea groups is 1. The normalized spacial score (nSPS) is 15.2. The molecule has 0 aliphatic carbocycles. The summed E-state index contributed by atoms with van der Waals surface area (Å²) in [5.74, 6) is 1.27. The van der Waals surface area contributed by atoms with Gasteiger partial charge in [0.15, 0.2) is 5.75 Å². The standard InChI is InChI=1S/C18H20ClN3O2/c1-21-10-12-22(13-11-21)18(23)20-16-4-2-3-5-17(16)24-15-8-6-14(19)7-9-15/h2-9H,10-13H2,1H3,(H,20,23). The van der Waals surface area contributed by atoms with E-state index in [1.54, 1.807) is 24.3 Å². The van der Waals surface area contributed by atoms with Crippen LogP contribution in [-0.4, -0.2) is 49.1 Å². The van der Waals surface area contributed by atoms with Crippen LogP contribution in [0, 0.1) is 0 Å². The predicted molar refractivity (Wildman–Crippen MR) is 96.1 cm³/mol. The van der Waals surface area contributed by atoms with Gasteiger partial charge in [0.1, 0.15) is 5.75 Å². The number of rotatable bonds is 3. The maximum absolute atomic E-state index is 12.4. The van der Waals surface area contributed by atoms with Crippen LogP contribution in [-0.2, 0) is 0 Å². The van der Waals surface area contributed by atoms with Crippen molar-refractivity contribution in [2.75, 3.05) is 38.5 Å². The van der Waals surface area contributed by atoms with Crippen LogP contribution in [0.2, 0.25) is 5.02 Å². The molecule has 24 heavy (non-hydrogen) atoms. The summed E-state index contributed by atoms with van der Waals surface area (Å²) < 4.78 is 5.87. The topological polar surface area (TPSA) is 44.8 Å². The van der Waals surface area contributed by atoms with Gasteiger partial charge < -0.3 is 19.9 Å². The van der Waals surface area contributed by atoms with E-state index in [-0.39, 0.29) is 6.03 Å². The Labute approximate surface area is 146 Å². The number of piperazine rings is 1. The van der Waals surface area contributed by atoms with Gasteiger partial charge in [-0.25, -0.2) is 4.79 Å². The Morgan fingerprint density at radius 2 is 1.71 bits per heavy atom. The van der Waals surface area contributed by atoms with Gasteiger partial charge in [0.2, 0.25) is 0 Å². The molecule has 0 bridgehead atoms. The van der Waals surface area contributed by atoms with Gasteiger partial charge in [0, 0.05) is 31.2 Å². The third kappa shape index (κ3) is 4.19. The van der Waals surface area contributed by atoms with E-state index in [1.165, 1.54) is 0 Å². The lowest BCUT2D eigenvalue weighted by atomic mass is 10.3. The molecule has 0 saturated carbocycles. The third-order valence-corrected chi connectivity index (χ3v) is 4.21. The van der Waals surface area contributed by atoms with Gasteiger partial charge in [0.25, 0.3) is 0 Å². The second-order valence-electron chi connectivity index (χ2n) is 5.77. The Morgan fingerprint density at radius 3 is 2.42 bits per heavy atom. The summed E-state index contributed by atoms with van der Waals surface area (Å²) in [5.41, 5.74) is 0.649. The third-order valence-electron chi connectivity index (χ3n) is 3.96. The fourth-order valence-corrected chi connectivity index (χ4v) is 2.62. The molecule has 1 N–H and O–H groups in total. The summed E-state index contributed by atoms with van der Waals surface area (Å²) in [7, 11) is 2.06. The van der Waals surface area contributed by atoms with Crippen LogP contribution in [0.5, 0.6) is 11.5 Å². The number of hydrogen-bond acceptors (Lipinski definition) is 3. The summed E-state index contributed by atoms with van der Waals surface area (Å²) in [5, 5.41) is 3.60. The summed E-state index contributed by atoms with van der Waals surface area (Å²) in [6, 6.07) is 14.4. The first-order chi connectivity index (χ1) is 11.6. The van der Waals surface area contributed by atoms with Crippen molar-refractivity contribution in [1.82, 2.24) is 9.80 Å². The largest absolute Gasteiger partial charge is 0.455 e. The van der Waals surface area contributed by atoms with E-state index in [2.05, 4.69) is 17.3 Å². The van der Waals surface area contributed by atoms with E-state index in [0.717, 1.165) is 26.2 Å². The predicted octanol–water partition coefficient (Wildman–Crippen LogP) is 3.91. The molecule has 1 heterocycles. The lowest BCUT2D eigenvalue weighted by Crippen LogP contribution is -2.48. The van der Waals surface area contributed by atoms with E-state index in [1.807, 2.05) is 29.2 Å². The van der Waals surface area contributed by atoms with Crippen LogP contribution >= 0.6 is 11.6 Å². The molecule has 6 heteroatoms. The van der Waals surface area contributed by atoms with Crippen LogP contribution < -0.4 is 10.1 Å². The molecule has 1 aliphatic rings.